The number of hydrogen-bond acceptors (Lipinski definition) is 7. The van der Waals surface area contributed by atoms with Crippen LogP contribution >= 0.6 is 0 Å². The Morgan fingerprint density at radius 3 is 2.40 bits per heavy atom. The molecule has 8 nitrogen and oxygen atoms in total. The number of halogens is 1. The first kappa shape index (κ1) is 22.5. The van der Waals surface area contributed by atoms with E-state index in [1.807, 2.05) is 17.9 Å². The molecule has 4 heterocycles. The minimum atomic E-state index is -0.324. The van der Waals surface area contributed by atoms with Crippen molar-refractivity contribution in [3.8, 4) is 22.8 Å². The summed E-state index contributed by atoms with van der Waals surface area (Å²) >= 11 is 0. The Morgan fingerprint density at radius 2 is 1.66 bits per heavy atom. The highest BCUT2D eigenvalue weighted by Crippen LogP contribution is 2.29. The molecule has 35 heavy (non-hydrogen) atoms. The third-order valence-electron chi connectivity index (χ3n) is 5.91. The van der Waals surface area contributed by atoms with Crippen LogP contribution in [0.1, 0.15) is 40.6 Å². The summed E-state index contributed by atoms with van der Waals surface area (Å²) in [5.74, 6) is 1.36. The molecule has 1 saturated heterocycles. The molecular formula is C26H23FN6O2. The minimum absolute atomic E-state index is 0.0554. The van der Waals surface area contributed by atoms with Crippen molar-refractivity contribution < 1.29 is 13.9 Å². The molecule has 1 amide bonds. The number of likely N-dealkylation sites (tertiary alicyclic amines) is 1. The average molecular weight is 471 g/mol. The van der Waals surface area contributed by atoms with Gasteiger partial charge >= 0.3 is 0 Å². The van der Waals surface area contributed by atoms with Crippen molar-refractivity contribution >= 4 is 5.91 Å². The molecule has 1 aliphatic heterocycles. The van der Waals surface area contributed by atoms with Crippen LogP contribution in [-0.2, 0) is 0 Å². The van der Waals surface area contributed by atoms with E-state index in [2.05, 4.69) is 24.9 Å². The molecule has 0 unspecified atom stereocenters. The van der Waals surface area contributed by atoms with Gasteiger partial charge in [-0.15, -0.1) is 0 Å². The summed E-state index contributed by atoms with van der Waals surface area (Å²) < 4.78 is 19.0. The van der Waals surface area contributed by atoms with Crippen LogP contribution in [0.4, 0.5) is 4.39 Å². The van der Waals surface area contributed by atoms with Gasteiger partial charge in [0.1, 0.15) is 23.7 Å². The minimum Gasteiger partial charge on any atom is -0.439 e. The summed E-state index contributed by atoms with van der Waals surface area (Å²) in [4.78, 5) is 36.5. The highest BCUT2D eigenvalue weighted by molar-refractivity contribution is 5.95. The smallest absolute Gasteiger partial charge is 0.255 e. The van der Waals surface area contributed by atoms with Gasteiger partial charge in [0.25, 0.3) is 5.91 Å². The molecule has 5 rings (SSSR count). The normalized spacial score (nSPS) is 14.1. The Balaban J connectivity index is 1.25. The number of piperidine rings is 1. The molecule has 0 saturated carbocycles. The van der Waals surface area contributed by atoms with E-state index < -0.39 is 0 Å². The summed E-state index contributed by atoms with van der Waals surface area (Å²) in [7, 11) is 0. The van der Waals surface area contributed by atoms with E-state index in [9.17, 15) is 9.18 Å². The Morgan fingerprint density at radius 1 is 0.943 bits per heavy atom. The standard InChI is InChI=1S/C26H23FN6O2/c1-17-10-24(35-23-4-2-22(27)3-5-23)32-25(31-17)18-6-8-33(9-7-18)26(34)20-11-19(12-28-13-20)21-14-29-16-30-15-21/h2-5,10-16,18H,6-9H2,1H3. The molecule has 0 atom stereocenters. The summed E-state index contributed by atoms with van der Waals surface area (Å²) in [5, 5.41) is 0. The summed E-state index contributed by atoms with van der Waals surface area (Å²) in [6.07, 6.45) is 9.62. The molecule has 1 fully saturated rings. The summed E-state index contributed by atoms with van der Waals surface area (Å²) in [6, 6.07) is 9.38. The third kappa shape index (κ3) is 5.29. The fraction of sp³-hybridized carbons (Fsp3) is 0.231. The number of aryl methyl sites for hydroxylation is 1. The van der Waals surface area contributed by atoms with Crippen molar-refractivity contribution in [2.24, 2.45) is 0 Å². The van der Waals surface area contributed by atoms with Crippen molar-refractivity contribution in [3.05, 3.63) is 90.4 Å². The topological polar surface area (TPSA) is 94.0 Å². The zero-order valence-corrected chi connectivity index (χ0v) is 19.1. The second kappa shape index (κ2) is 9.92. The maximum Gasteiger partial charge on any atom is 0.255 e. The molecule has 176 valence electrons. The van der Waals surface area contributed by atoms with Crippen LogP contribution in [0.2, 0.25) is 0 Å². The van der Waals surface area contributed by atoms with Gasteiger partial charge in [-0.05, 0) is 50.1 Å². The zero-order valence-electron chi connectivity index (χ0n) is 19.1. The fourth-order valence-electron chi connectivity index (χ4n) is 4.11. The van der Waals surface area contributed by atoms with E-state index in [0.717, 1.165) is 29.7 Å². The molecule has 4 aromatic rings. The van der Waals surface area contributed by atoms with Crippen LogP contribution in [0.3, 0.4) is 0 Å². The molecule has 3 aromatic heterocycles. The molecule has 0 aliphatic carbocycles. The van der Waals surface area contributed by atoms with E-state index >= 15 is 0 Å². The van der Waals surface area contributed by atoms with Gasteiger partial charge in [-0.2, -0.15) is 4.98 Å². The molecule has 0 bridgehead atoms. The maximum atomic E-state index is 13.2. The number of aromatic nitrogens is 5. The quantitative estimate of drug-likeness (QED) is 0.421. The van der Waals surface area contributed by atoms with E-state index in [-0.39, 0.29) is 17.6 Å². The predicted octanol–water partition coefficient (Wildman–Crippen LogP) is 4.59. The average Bonchev–Trinajstić information content (AvgIpc) is 2.90. The van der Waals surface area contributed by atoms with Crippen LogP contribution < -0.4 is 4.74 Å². The van der Waals surface area contributed by atoms with E-state index in [1.165, 1.54) is 18.5 Å². The van der Waals surface area contributed by atoms with Gasteiger partial charge in [-0.1, -0.05) is 0 Å². The maximum absolute atomic E-state index is 13.2. The number of carbonyl (C=O) groups is 1. The molecule has 0 N–H and O–H groups in total. The number of nitrogens with zero attached hydrogens (tertiary/aromatic N) is 6. The Hall–Kier alpha value is -4.27. The van der Waals surface area contributed by atoms with Crippen molar-refractivity contribution in [2.75, 3.05) is 13.1 Å². The number of hydrogen-bond donors (Lipinski definition) is 0. The second-order valence-corrected chi connectivity index (χ2v) is 8.42. The first-order chi connectivity index (χ1) is 17.0. The lowest BCUT2D eigenvalue weighted by atomic mass is 9.95. The SMILES string of the molecule is Cc1cc(Oc2ccc(F)cc2)nc(C2CCN(C(=O)c3cncc(-c4cncnc4)c3)CC2)n1. The highest BCUT2D eigenvalue weighted by Gasteiger charge is 2.27. The van der Waals surface area contributed by atoms with Gasteiger partial charge in [0.05, 0.1) is 5.56 Å². The van der Waals surface area contributed by atoms with Crippen LogP contribution in [0, 0.1) is 12.7 Å². The summed E-state index contributed by atoms with van der Waals surface area (Å²) in [6.45, 7) is 3.07. The Bertz CT molecular complexity index is 1330. The molecular weight excluding hydrogens is 447 g/mol. The van der Waals surface area contributed by atoms with E-state index in [4.69, 9.17) is 4.74 Å². The van der Waals surface area contributed by atoms with Gasteiger partial charge in [0.15, 0.2) is 0 Å². The van der Waals surface area contributed by atoms with Crippen LogP contribution in [0.15, 0.2) is 67.5 Å². The summed E-state index contributed by atoms with van der Waals surface area (Å²) in [5.41, 5.74) is 2.93. The monoisotopic (exact) mass is 470 g/mol. The van der Waals surface area contributed by atoms with Crippen LogP contribution in [0.5, 0.6) is 11.6 Å². The zero-order chi connectivity index (χ0) is 24.2. The van der Waals surface area contributed by atoms with E-state index in [1.54, 1.807) is 43.0 Å². The van der Waals surface area contributed by atoms with Gasteiger partial charge in [0.2, 0.25) is 5.88 Å². The van der Waals surface area contributed by atoms with Crippen LogP contribution in [-0.4, -0.2) is 48.8 Å². The van der Waals surface area contributed by atoms with Gasteiger partial charge in [-0.25, -0.2) is 19.3 Å². The van der Waals surface area contributed by atoms with Crippen molar-refractivity contribution in [2.45, 2.75) is 25.7 Å². The van der Waals surface area contributed by atoms with E-state index in [0.29, 0.717) is 36.1 Å². The first-order valence-electron chi connectivity index (χ1n) is 11.3. The number of rotatable bonds is 5. The number of benzene rings is 1. The molecule has 1 aromatic carbocycles. The largest absolute Gasteiger partial charge is 0.439 e. The predicted molar refractivity (Wildman–Crippen MR) is 126 cm³/mol. The van der Waals surface area contributed by atoms with Crippen molar-refractivity contribution in [1.29, 1.82) is 0 Å². The van der Waals surface area contributed by atoms with Crippen molar-refractivity contribution in [3.63, 3.8) is 0 Å². The number of carbonyl (C=O) groups excluding carboxylic acids is 1. The Labute approximate surface area is 201 Å². The Kier molecular flexibility index (Phi) is 6.38. The van der Waals surface area contributed by atoms with Crippen molar-refractivity contribution in [1.82, 2.24) is 29.8 Å². The van der Waals surface area contributed by atoms with Crippen LogP contribution in [0.25, 0.3) is 11.1 Å². The van der Waals surface area contributed by atoms with Gasteiger partial charge in [-0.3, -0.25) is 9.78 Å². The molecule has 0 spiro atoms. The van der Waals surface area contributed by atoms with Gasteiger partial charge in [0, 0.05) is 66.7 Å². The lowest BCUT2D eigenvalue weighted by molar-refractivity contribution is 0.0710. The highest BCUT2D eigenvalue weighted by atomic mass is 19.1. The fourth-order valence-corrected chi connectivity index (χ4v) is 4.11. The first-order valence-corrected chi connectivity index (χ1v) is 11.3. The second-order valence-electron chi connectivity index (χ2n) is 8.42. The number of ether oxygens (including phenoxy) is 1. The van der Waals surface area contributed by atoms with Gasteiger partial charge < -0.3 is 9.64 Å². The molecule has 9 heteroatoms. The lowest BCUT2D eigenvalue weighted by Crippen LogP contribution is -2.38. The third-order valence-corrected chi connectivity index (χ3v) is 5.91. The molecule has 0 radical (unpaired) electrons. The molecule has 1 aliphatic rings. The number of pyridine rings is 1. The number of amides is 1. The lowest BCUT2D eigenvalue weighted by Gasteiger charge is -2.31.